The maximum absolute atomic E-state index is 12.0. The van der Waals surface area contributed by atoms with Crippen molar-refractivity contribution in [2.75, 3.05) is 24.6 Å². The minimum atomic E-state index is -3.51. The van der Waals surface area contributed by atoms with Crippen LogP contribution in [0.5, 0.6) is 0 Å². The molecule has 1 saturated carbocycles. The average Bonchev–Trinajstić information content (AvgIpc) is 2.64. The predicted octanol–water partition coefficient (Wildman–Crippen LogP) is 0.405. The lowest BCUT2D eigenvalue weighted by Gasteiger charge is -2.17. The van der Waals surface area contributed by atoms with E-state index in [9.17, 15) is 16.8 Å². The molecule has 2 N–H and O–H groups in total. The summed E-state index contributed by atoms with van der Waals surface area (Å²) in [7, 11) is -6.68. The van der Waals surface area contributed by atoms with Gasteiger partial charge in [0.1, 0.15) is 0 Å². The molecular formula is C13H26N2O4S2. The third-order valence-corrected chi connectivity index (χ3v) is 8.21. The first kappa shape index (κ1) is 17.2. The topological polar surface area (TPSA) is 92.3 Å². The van der Waals surface area contributed by atoms with Gasteiger partial charge in [0.25, 0.3) is 0 Å². The van der Waals surface area contributed by atoms with Gasteiger partial charge in [0.2, 0.25) is 10.0 Å². The predicted molar refractivity (Wildman–Crippen MR) is 83.5 cm³/mol. The number of sulfonamides is 1. The van der Waals surface area contributed by atoms with Gasteiger partial charge in [-0.2, -0.15) is 0 Å². The Labute approximate surface area is 128 Å². The van der Waals surface area contributed by atoms with Crippen LogP contribution < -0.4 is 10.0 Å². The number of nitrogens with one attached hydrogen (secondary N) is 2. The van der Waals surface area contributed by atoms with Crippen LogP contribution in [0.1, 0.15) is 44.9 Å². The van der Waals surface area contributed by atoms with E-state index in [-0.39, 0.29) is 17.9 Å². The first-order chi connectivity index (χ1) is 9.89. The zero-order chi connectivity index (χ0) is 15.3. The smallest absolute Gasteiger partial charge is 0.215 e. The maximum Gasteiger partial charge on any atom is 0.215 e. The summed E-state index contributed by atoms with van der Waals surface area (Å²) in [6.45, 7) is 0.929. The molecule has 0 radical (unpaired) electrons. The summed E-state index contributed by atoms with van der Waals surface area (Å²) in [5.41, 5.74) is 0. The molecule has 1 saturated heterocycles. The van der Waals surface area contributed by atoms with Crippen molar-refractivity contribution in [2.45, 2.75) is 56.2 Å². The second-order valence-corrected chi connectivity index (χ2v) is 10.4. The Balaban J connectivity index is 1.70. The summed E-state index contributed by atoms with van der Waals surface area (Å²) in [5, 5.41) is 2.62. The van der Waals surface area contributed by atoms with E-state index in [0.717, 1.165) is 12.8 Å². The molecule has 2 rings (SSSR count). The van der Waals surface area contributed by atoms with Crippen molar-refractivity contribution in [3.8, 4) is 0 Å². The molecule has 0 spiro atoms. The van der Waals surface area contributed by atoms with Crippen LogP contribution in [0.4, 0.5) is 0 Å². The fraction of sp³-hybridized carbons (Fsp3) is 1.00. The lowest BCUT2D eigenvalue weighted by Crippen LogP contribution is -2.40. The quantitative estimate of drug-likeness (QED) is 0.540. The SMILES string of the molecule is O=S1(=O)CCC(S(=O)(=O)NCCNC2CCCCCC2)C1. The van der Waals surface area contributed by atoms with Gasteiger partial charge in [0.05, 0.1) is 16.8 Å². The van der Waals surface area contributed by atoms with E-state index < -0.39 is 25.1 Å². The maximum atomic E-state index is 12.0. The first-order valence-corrected chi connectivity index (χ1v) is 11.2. The lowest BCUT2D eigenvalue weighted by atomic mass is 10.1. The Morgan fingerprint density at radius 1 is 0.952 bits per heavy atom. The molecule has 1 atom stereocenters. The lowest BCUT2D eigenvalue weighted by molar-refractivity contribution is 0.461. The van der Waals surface area contributed by atoms with Crippen LogP contribution in [-0.4, -0.2) is 52.7 Å². The minimum Gasteiger partial charge on any atom is -0.313 e. The molecular weight excluding hydrogens is 312 g/mol. The van der Waals surface area contributed by atoms with Crippen LogP contribution in [0.2, 0.25) is 0 Å². The van der Waals surface area contributed by atoms with Crippen LogP contribution in [0, 0.1) is 0 Å². The molecule has 124 valence electrons. The van der Waals surface area contributed by atoms with Gasteiger partial charge in [-0.3, -0.25) is 0 Å². The van der Waals surface area contributed by atoms with E-state index in [2.05, 4.69) is 10.0 Å². The Bertz CT molecular complexity index is 522. The fourth-order valence-corrected chi connectivity index (χ4v) is 7.16. The standard InChI is InChI=1S/C13H26N2O4S2/c16-20(17)10-7-13(11-20)21(18,19)15-9-8-14-12-5-3-1-2-4-6-12/h12-15H,1-11H2. The van der Waals surface area contributed by atoms with Crippen LogP contribution in [-0.2, 0) is 19.9 Å². The van der Waals surface area contributed by atoms with Crippen LogP contribution in [0.25, 0.3) is 0 Å². The fourth-order valence-electron chi connectivity index (χ4n) is 3.08. The molecule has 2 aliphatic rings. The van der Waals surface area contributed by atoms with Gasteiger partial charge >= 0.3 is 0 Å². The van der Waals surface area contributed by atoms with Gasteiger partial charge in [0, 0.05) is 19.1 Å². The molecule has 21 heavy (non-hydrogen) atoms. The van der Waals surface area contributed by atoms with Crippen molar-refractivity contribution in [2.24, 2.45) is 0 Å². The molecule has 1 unspecified atom stereocenters. The highest BCUT2D eigenvalue weighted by molar-refractivity contribution is 7.95. The van der Waals surface area contributed by atoms with Crippen LogP contribution in [0.3, 0.4) is 0 Å². The summed E-state index contributed by atoms with van der Waals surface area (Å²) >= 11 is 0. The van der Waals surface area contributed by atoms with Gasteiger partial charge in [-0.05, 0) is 19.3 Å². The molecule has 6 nitrogen and oxygen atoms in total. The minimum absolute atomic E-state index is 0.0150. The third kappa shape index (κ3) is 5.50. The Kier molecular flexibility index (Phi) is 6.05. The van der Waals surface area contributed by atoms with E-state index in [1.165, 1.54) is 25.7 Å². The van der Waals surface area contributed by atoms with E-state index in [1.807, 2.05) is 0 Å². The molecule has 8 heteroatoms. The first-order valence-electron chi connectivity index (χ1n) is 7.81. The molecule has 0 aromatic heterocycles. The summed E-state index contributed by atoms with van der Waals surface area (Å²) in [6.07, 6.45) is 7.60. The summed E-state index contributed by atoms with van der Waals surface area (Å²) < 4.78 is 49.3. The molecule has 1 aliphatic heterocycles. The molecule has 0 aromatic rings. The monoisotopic (exact) mass is 338 g/mol. The number of rotatable bonds is 6. The second kappa shape index (κ2) is 7.39. The molecule has 0 aromatic carbocycles. The van der Waals surface area contributed by atoms with Crippen molar-refractivity contribution in [1.29, 1.82) is 0 Å². The molecule has 1 heterocycles. The third-order valence-electron chi connectivity index (χ3n) is 4.35. The van der Waals surface area contributed by atoms with Crippen LogP contribution >= 0.6 is 0 Å². The van der Waals surface area contributed by atoms with E-state index in [1.54, 1.807) is 0 Å². The molecule has 1 aliphatic carbocycles. The number of hydrogen-bond donors (Lipinski definition) is 2. The highest BCUT2D eigenvalue weighted by Gasteiger charge is 2.36. The second-order valence-electron chi connectivity index (χ2n) is 6.11. The highest BCUT2D eigenvalue weighted by atomic mass is 32.2. The molecule has 0 amide bonds. The molecule has 2 fully saturated rings. The number of hydrogen-bond acceptors (Lipinski definition) is 5. The van der Waals surface area contributed by atoms with Crippen molar-refractivity contribution in [3.05, 3.63) is 0 Å². The number of sulfone groups is 1. The van der Waals surface area contributed by atoms with Crippen molar-refractivity contribution in [1.82, 2.24) is 10.0 Å². The normalized spacial score (nSPS) is 27.5. The van der Waals surface area contributed by atoms with Gasteiger partial charge < -0.3 is 5.32 Å². The van der Waals surface area contributed by atoms with Gasteiger partial charge in [0.15, 0.2) is 9.84 Å². The summed E-state index contributed by atoms with van der Waals surface area (Å²) in [4.78, 5) is 0. The Morgan fingerprint density at radius 3 is 2.19 bits per heavy atom. The molecule has 0 bridgehead atoms. The zero-order valence-corrected chi connectivity index (χ0v) is 14.0. The summed E-state index contributed by atoms with van der Waals surface area (Å²) in [5.74, 6) is -0.253. The van der Waals surface area contributed by atoms with Crippen molar-refractivity contribution < 1.29 is 16.8 Å². The van der Waals surface area contributed by atoms with E-state index in [0.29, 0.717) is 19.1 Å². The zero-order valence-electron chi connectivity index (χ0n) is 12.4. The van der Waals surface area contributed by atoms with Crippen molar-refractivity contribution >= 4 is 19.9 Å². The van der Waals surface area contributed by atoms with E-state index in [4.69, 9.17) is 0 Å². The highest BCUT2D eigenvalue weighted by Crippen LogP contribution is 2.18. The largest absolute Gasteiger partial charge is 0.313 e. The van der Waals surface area contributed by atoms with Crippen LogP contribution in [0.15, 0.2) is 0 Å². The Morgan fingerprint density at radius 2 is 1.62 bits per heavy atom. The van der Waals surface area contributed by atoms with Crippen molar-refractivity contribution in [3.63, 3.8) is 0 Å². The average molecular weight is 338 g/mol. The van der Waals surface area contributed by atoms with Gasteiger partial charge in [-0.25, -0.2) is 21.6 Å². The van der Waals surface area contributed by atoms with E-state index >= 15 is 0 Å². The van der Waals surface area contributed by atoms with Gasteiger partial charge in [-0.1, -0.05) is 25.7 Å². The van der Waals surface area contributed by atoms with Gasteiger partial charge in [-0.15, -0.1) is 0 Å². The Hall–Kier alpha value is -0.180. The summed E-state index contributed by atoms with van der Waals surface area (Å²) in [6, 6.07) is 0.490.